The Labute approximate surface area is 157 Å². The van der Waals surface area contributed by atoms with Crippen LogP contribution in [0, 0.1) is 25.2 Å². The van der Waals surface area contributed by atoms with Gasteiger partial charge >= 0.3 is 0 Å². The van der Waals surface area contributed by atoms with E-state index >= 15 is 0 Å². The molecule has 1 aromatic carbocycles. The standard InChI is InChI=1S/C18H20N4O4S/c1-12-10-13(2)22-18(24)16(12)11-20-17(23)14-4-6-15(7-5-14)27(25,26)21-9-3-8-19/h4-7,10,21H,3,9,11H2,1-2H3,(H,20,23)(H,22,24). The predicted octanol–water partition coefficient (Wildman–Crippen LogP) is 1.11. The average molecular weight is 388 g/mol. The van der Waals surface area contributed by atoms with Gasteiger partial charge in [-0.25, -0.2) is 13.1 Å². The maximum absolute atomic E-state index is 12.3. The molecule has 1 heterocycles. The van der Waals surface area contributed by atoms with Crippen LogP contribution in [0.15, 0.2) is 40.0 Å². The zero-order valence-corrected chi connectivity index (χ0v) is 15.8. The van der Waals surface area contributed by atoms with Gasteiger partial charge in [0.05, 0.1) is 11.0 Å². The minimum atomic E-state index is -3.72. The number of nitrogens with zero attached hydrogens (tertiary/aromatic N) is 1. The fraction of sp³-hybridized carbons (Fsp3) is 0.278. The number of hydrogen-bond acceptors (Lipinski definition) is 5. The molecule has 0 bridgehead atoms. The summed E-state index contributed by atoms with van der Waals surface area (Å²) in [5, 5.41) is 11.1. The van der Waals surface area contributed by atoms with Crippen molar-refractivity contribution < 1.29 is 13.2 Å². The Morgan fingerprint density at radius 3 is 2.48 bits per heavy atom. The molecule has 142 valence electrons. The molecule has 27 heavy (non-hydrogen) atoms. The Hall–Kier alpha value is -2.96. The number of benzene rings is 1. The molecule has 0 fully saturated rings. The molecule has 0 unspecified atom stereocenters. The van der Waals surface area contributed by atoms with Gasteiger partial charge in [0.2, 0.25) is 10.0 Å². The van der Waals surface area contributed by atoms with E-state index in [4.69, 9.17) is 5.26 Å². The second-order valence-electron chi connectivity index (χ2n) is 5.96. The molecule has 2 rings (SSSR count). The third-order valence-electron chi connectivity index (χ3n) is 3.88. The van der Waals surface area contributed by atoms with Crippen LogP contribution in [-0.4, -0.2) is 25.9 Å². The van der Waals surface area contributed by atoms with Crippen LogP contribution in [0.25, 0.3) is 0 Å². The van der Waals surface area contributed by atoms with E-state index in [9.17, 15) is 18.0 Å². The van der Waals surface area contributed by atoms with Gasteiger partial charge in [0.15, 0.2) is 0 Å². The van der Waals surface area contributed by atoms with Gasteiger partial charge in [-0.15, -0.1) is 0 Å². The summed E-state index contributed by atoms with van der Waals surface area (Å²) in [7, 11) is -3.72. The van der Waals surface area contributed by atoms with Crippen molar-refractivity contribution >= 4 is 15.9 Å². The van der Waals surface area contributed by atoms with E-state index in [0.29, 0.717) is 5.56 Å². The van der Waals surface area contributed by atoms with Crippen LogP contribution in [0.2, 0.25) is 0 Å². The van der Waals surface area contributed by atoms with Crippen LogP contribution in [0.4, 0.5) is 0 Å². The highest BCUT2D eigenvalue weighted by atomic mass is 32.2. The Balaban J connectivity index is 2.06. The van der Waals surface area contributed by atoms with E-state index < -0.39 is 15.9 Å². The van der Waals surface area contributed by atoms with E-state index in [1.807, 2.05) is 12.1 Å². The lowest BCUT2D eigenvalue weighted by Crippen LogP contribution is -2.28. The number of hydrogen-bond donors (Lipinski definition) is 3. The number of nitrogens with one attached hydrogen (secondary N) is 3. The van der Waals surface area contributed by atoms with Gasteiger partial charge in [0.1, 0.15) is 0 Å². The average Bonchev–Trinajstić information content (AvgIpc) is 2.61. The molecule has 0 saturated carbocycles. The van der Waals surface area contributed by atoms with E-state index in [-0.39, 0.29) is 35.5 Å². The zero-order valence-electron chi connectivity index (χ0n) is 15.0. The number of nitriles is 1. The maximum atomic E-state index is 12.3. The maximum Gasteiger partial charge on any atom is 0.253 e. The minimum absolute atomic E-state index is 0.00260. The summed E-state index contributed by atoms with van der Waals surface area (Å²) < 4.78 is 26.4. The van der Waals surface area contributed by atoms with Gasteiger partial charge in [0.25, 0.3) is 11.5 Å². The van der Waals surface area contributed by atoms with E-state index in [1.54, 1.807) is 13.8 Å². The summed E-state index contributed by atoms with van der Waals surface area (Å²) in [4.78, 5) is 26.9. The number of H-pyrrole nitrogens is 1. The number of rotatable bonds is 7. The fourth-order valence-electron chi connectivity index (χ4n) is 2.48. The Kier molecular flexibility index (Phi) is 6.50. The van der Waals surface area contributed by atoms with Crippen molar-refractivity contribution in [3.63, 3.8) is 0 Å². The number of carbonyl (C=O) groups excluding carboxylic acids is 1. The molecule has 3 N–H and O–H groups in total. The molecule has 1 aromatic heterocycles. The highest BCUT2D eigenvalue weighted by molar-refractivity contribution is 7.89. The third-order valence-corrected chi connectivity index (χ3v) is 5.35. The van der Waals surface area contributed by atoms with Gasteiger partial charge in [-0.3, -0.25) is 9.59 Å². The largest absolute Gasteiger partial charge is 0.348 e. The molecule has 0 atom stereocenters. The molecule has 0 spiro atoms. The van der Waals surface area contributed by atoms with Crippen LogP contribution < -0.4 is 15.6 Å². The molecular weight excluding hydrogens is 368 g/mol. The van der Waals surface area contributed by atoms with E-state index in [2.05, 4.69) is 15.0 Å². The number of aryl methyl sites for hydroxylation is 2. The summed E-state index contributed by atoms with van der Waals surface area (Å²) >= 11 is 0. The monoisotopic (exact) mass is 388 g/mol. The smallest absolute Gasteiger partial charge is 0.253 e. The summed E-state index contributed by atoms with van der Waals surface area (Å²) in [5.74, 6) is -0.421. The molecule has 2 aromatic rings. The second kappa shape index (κ2) is 8.62. The van der Waals surface area contributed by atoms with Gasteiger partial charge in [0, 0.05) is 36.3 Å². The molecule has 8 nitrogen and oxygen atoms in total. The Morgan fingerprint density at radius 2 is 1.89 bits per heavy atom. The first-order valence-electron chi connectivity index (χ1n) is 8.19. The normalized spacial score (nSPS) is 11.0. The van der Waals surface area contributed by atoms with E-state index in [0.717, 1.165) is 11.3 Å². The molecule has 0 aliphatic carbocycles. The SMILES string of the molecule is Cc1cc(C)c(CNC(=O)c2ccc(S(=O)(=O)NCCC#N)cc2)c(=O)[nH]1. The molecule has 1 amide bonds. The lowest BCUT2D eigenvalue weighted by atomic mass is 10.1. The molecule has 9 heteroatoms. The van der Waals surface area contributed by atoms with Crippen molar-refractivity contribution in [3.05, 3.63) is 63.1 Å². The summed E-state index contributed by atoms with van der Waals surface area (Å²) in [5.41, 5.74) is 2.01. The number of carbonyl (C=O) groups is 1. The summed E-state index contributed by atoms with van der Waals surface area (Å²) in [6.45, 7) is 3.66. The topological polar surface area (TPSA) is 132 Å². The van der Waals surface area contributed by atoms with Crippen LogP contribution in [0.1, 0.15) is 33.6 Å². The lowest BCUT2D eigenvalue weighted by Gasteiger charge is -2.09. The van der Waals surface area contributed by atoms with Crippen molar-refractivity contribution in [1.29, 1.82) is 5.26 Å². The first-order valence-corrected chi connectivity index (χ1v) is 9.67. The number of aromatic amines is 1. The Morgan fingerprint density at radius 1 is 1.22 bits per heavy atom. The highest BCUT2D eigenvalue weighted by Crippen LogP contribution is 2.11. The van der Waals surface area contributed by atoms with Crippen LogP contribution in [-0.2, 0) is 16.6 Å². The summed E-state index contributed by atoms with van der Waals surface area (Å²) in [6, 6.07) is 9.08. The third kappa shape index (κ3) is 5.26. The minimum Gasteiger partial charge on any atom is -0.348 e. The van der Waals surface area contributed by atoms with Crippen LogP contribution in [0.3, 0.4) is 0 Å². The molecular formula is C18H20N4O4S. The van der Waals surface area contributed by atoms with Gasteiger partial charge in [-0.05, 0) is 49.7 Å². The number of amides is 1. The van der Waals surface area contributed by atoms with Crippen molar-refractivity contribution in [2.45, 2.75) is 31.7 Å². The first-order chi connectivity index (χ1) is 12.7. The lowest BCUT2D eigenvalue weighted by molar-refractivity contribution is 0.0950. The molecule has 0 aliphatic heterocycles. The zero-order chi connectivity index (χ0) is 20.0. The molecule has 0 saturated heterocycles. The van der Waals surface area contributed by atoms with Crippen molar-refractivity contribution in [1.82, 2.24) is 15.0 Å². The van der Waals surface area contributed by atoms with Crippen LogP contribution in [0.5, 0.6) is 0 Å². The fourth-order valence-corrected chi connectivity index (χ4v) is 3.51. The first kappa shape index (κ1) is 20.4. The van der Waals surface area contributed by atoms with Gasteiger partial charge < -0.3 is 10.3 Å². The van der Waals surface area contributed by atoms with Gasteiger partial charge in [-0.1, -0.05) is 0 Å². The van der Waals surface area contributed by atoms with Gasteiger partial charge in [-0.2, -0.15) is 5.26 Å². The second-order valence-corrected chi connectivity index (χ2v) is 7.72. The molecule has 0 radical (unpaired) electrons. The van der Waals surface area contributed by atoms with Crippen LogP contribution >= 0.6 is 0 Å². The number of sulfonamides is 1. The number of aromatic nitrogens is 1. The highest BCUT2D eigenvalue weighted by Gasteiger charge is 2.15. The quantitative estimate of drug-likeness (QED) is 0.611. The van der Waals surface area contributed by atoms with Crippen molar-refractivity contribution in [3.8, 4) is 6.07 Å². The number of pyridine rings is 1. The molecule has 0 aliphatic rings. The van der Waals surface area contributed by atoms with Crippen molar-refractivity contribution in [2.24, 2.45) is 0 Å². The predicted molar refractivity (Wildman–Crippen MR) is 99.6 cm³/mol. The Bertz CT molecular complexity index is 1030. The summed E-state index contributed by atoms with van der Waals surface area (Å²) in [6.07, 6.45) is 0.0667. The van der Waals surface area contributed by atoms with Crippen molar-refractivity contribution in [2.75, 3.05) is 6.54 Å². The van der Waals surface area contributed by atoms with E-state index in [1.165, 1.54) is 24.3 Å².